The molecule has 2 aliphatic rings. The summed E-state index contributed by atoms with van der Waals surface area (Å²) in [6, 6.07) is 9.77. The highest BCUT2D eigenvalue weighted by Crippen LogP contribution is 2.38. The van der Waals surface area contributed by atoms with Gasteiger partial charge in [0.15, 0.2) is 0 Å². The molecule has 0 saturated carbocycles. The first-order valence-corrected chi connectivity index (χ1v) is 12.5. The minimum absolute atomic E-state index is 0.890. The summed E-state index contributed by atoms with van der Waals surface area (Å²) >= 11 is 0. The van der Waals surface area contributed by atoms with Crippen molar-refractivity contribution in [2.75, 3.05) is 13.3 Å². The minimum Gasteiger partial charge on any atom is -0.0929 e. The standard InChI is InChI=1S/C22H28P2/c1-23-19-13-11-15-7-3-5-9-17(15)21(19)22-18-10-6-4-8-16(18)12-14-20(22)24-2/h11-14,23-24H,3-10H2,1-2H3. The lowest BCUT2D eigenvalue weighted by molar-refractivity contribution is 0.682. The molecule has 0 radical (unpaired) electrons. The average molecular weight is 354 g/mol. The summed E-state index contributed by atoms with van der Waals surface area (Å²) in [4.78, 5) is 0. The predicted molar refractivity (Wildman–Crippen MR) is 113 cm³/mol. The molecule has 2 unspecified atom stereocenters. The van der Waals surface area contributed by atoms with Crippen molar-refractivity contribution >= 4 is 27.8 Å². The van der Waals surface area contributed by atoms with Crippen LogP contribution in [0, 0.1) is 0 Å². The van der Waals surface area contributed by atoms with Crippen LogP contribution < -0.4 is 10.6 Å². The quantitative estimate of drug-likeness (QED) is 0.682. The van der Waals surface area contributed by atoms with Crippen molar-refractivity contribution in [3.63, 3.8) is 0 Å². The van der Waals surface area contributed by atoms with E-state index < -0.39 is 0 Å². The number of aryl methyl sites for hydroxylation is 2. The van der Waals surface area contributed by atoms with Gasteiger partial charge in [-0.15, -0.1) is 0 Å². The van der Waals surface area contributed by atoms with Crippen LogP contribution in [0.1, 0.15) is 47.9 Å². The molecular weight excluding hydrogens is 326 g/mol. The van der Waals surface area contributed by atoms with Gasteiger partial charge in [0.05, 0.1) is 0 Å². The molecule has 2 heteroatoms. The van der Waals surface area contributed by atoms with Crippen molar-refractivity contribution in [2.24, 2.45) is 0 Å². The van der Waals surface area contributed by atoms with Crippen molar-refractivity contribution in [3.8, 4) is 11.1 Å². The van der Waals surface area contributed by atoms with Crippen molar-refractivity contribution in [3.05, 3.63) is 46.5 Å². The second-order valence-electron chi connectivity index (χ2n) is 7.17. The molecule has 0 N–H and O–H groups in total. The zero-order chi connectivity index (χ0) is 16.5. The lowest BCUT2D eigenvalue weighted by atomic mass is 9.81. The average Bonchev–Trinajstić information content (AvgIpc) is 2.66. The van der Waals surface area contributed by atoms with Crippen LogP contribution >= 0.6 is 17.2 Å². The Bertz CT molecular complexity index is 696. The largest absolute Gasteiger partial charge is 0.0929 e. The zero-order valence-corrected chi connectivity index (χ0v) is 17.0. The fraction of sp³-hybridized carbons (Fsp3) is 0.455. The molecule has 0 aromatic heterocycles. The van der Waals surface area contributed by atoms with Gasteiger partial charge in [0.1, 0.15) is 0 Å². The normalized spacial score (nSPS) is 17.6. The third-order valence-electron chi connectivity index (χ3n) is 5.85. The van der Waals surface area contributed by atoms with Gasteiger partial charge in [0, 0.05) is 0 Å². The van der Waals surface area contributed by atoms with Gasteiger partial charge in [-0.3, -0.25) is 0 Å². The molecule has 0 saturated heterocycles. The predicted octanol–water partition coefficient (Wildman–Crippen LogP) is 4.98. The number of hydrogen-bond donors (Lipinski definition) is 0. The summed E-state index contributed by atoms with van der Waals surface area (Å²) in [6.45, 7) is 4.72. The van der Waals surface area contributed by atoms with Crippen LogP contribution in [0.25, 0.3) is 11.1 Å². The van der Waals surface area contributed by atoms with E-state index in [0.717, 1.165) is 17.2 Å². The summed E-state index contributed by atoms with van der Waals surface area (Å²) in [5.74, 6) is 0. The summed E-state index contributed by atoms with van der Waals surface area (Å²) < 4.78 is 0. The van der Waals surface area contributed by atoms with Gasteiger partial charge in [0.2, 0.25) is 0 Å². The van der Waals surface area contributed by atoms with E-state index in [2.05, 4.69) is 37.6 Å². The van der Waals surface area contributed by atoms with E-state index in [9.17, 15) is 0 Å². The summed E-state index contributed by atoms with van der Waals surface area (Å²) in [6.07, 6.45) is 10.6. The van der Waals surface area contributed by atoms with E-state index >= 15 is 0 Å². The monoisotopic (exact) mass is 354 g/mol. The molecule has 0 amide bonds. The van der Waals surface area contributed by atoms with Crippen LogP contribution in [0.3, 0.4) is 0 Å². The zero-order valence-electron chi connectivity index (χ0n) is 15.0. The molecule has 126 valence electrons. The smallest absolute Gasteiger partial charge is 0.00657 e. The highest BCUT2D eigenvalue weighted by molar-refractivity contribution is 7.47. The van der Waals surface area contributed by atoms with Gasteiger partial charge in [-0.2, -0.15) is 0 Å². The van der Waals surface area contributed by atoms with Gasteiger partial charge >= 0.3 is 0 Å². The van der Waals surface area contributed by atoms with Gasteiger partial charge < -0.3 is 0 Å². The molecule has 0 heterocycles. The van der Waals surface area contributed by atoms with Crippen LogP contribution in [-0.4, -0.2) is 13.3 Å². The Balaban J connectivity index is 2.02. The van der Waals surface area contributed by atoms with Crippen LogP contribution in [0.2, 0.25) is 0 Å². The summed E-state index contributed by atoms with van der Waals surface area (Å²) in [5, 5.41) is 3.21. The van der Waals surface area contributed by atoms with Crippen molar-refractivity contribution < 1.29 is 0 Å². The molecule has 2 aromatic rings. The number of rotatable bonds is 3. The topological polar surface area (TPSA) is 0 Å². The van der Waals surface area contributed by atoms with E-state index in [1.165, 1.54) is 51.4 Å². The Hall–Kier alpha value is -0.700. The van der Waals surface area contributed by atoms with E-state index in [1.807, 2.05) is 0 Å². The Labute approximate surface area is 150 Å². The molecule has 2 atom stereocenters. The number of fused-ring (bicyclic) bond motifs is 2. The van der Waals surface area contributed by atoms with Crippen molar-refractivity contribution in [2.45, 2.75) is 51.4 Å². The Morgan fingerprint density at radius 1 is 0.583 bits per heavy atom. The van der Waals surface area contributed by atoms with Crippen LogP contribution in [0.4, 0.5) is 0 Å². The molecule has 4 rings (SSSR count). The number of benzene rings is 2. The van der Waals surface area contributed by atoms with Gasteiger partial charge in [0.25, 0.3) is 0 Å². The van der Waals surface area contributed by atoms with E-state index in [1.54, 1.807) is 44.0 Å². The lowest BCUT2D eigenvalue weighted by Crippen LogP contribution is -2.18. The molecule has 2 aliphatic carbocycles. The maximum atomic E-state index is 2.45. The van der Waals surface area contributed by atoms with Crippen LogP contribution in [-0.2, 0) is 25.7 Å². The van der Waals surface area contributed by atoms with E-state index in [0.29, 0.717) is 0 Å². The van der Waals surface area contributed by atoms with Crippen LogP contribution in [0.5, 0.6) is 0 Å². The third-order valence-corrected chi connectivity index (χ3v) is 7.76. The maximum absolute atomic E-state index is 2.45. The Kier molecular flexibility index (Phi) is 5.08. The highest BCUT2D eigenvalue weighted by atomic mass is 31.1. The Morgan fingerprint density at radius 2 is 1.00 bits per heavy atom. The van der Waals surface area contributed by atoms with Gasteiger partial charge in [-0.05, 0) is 109 Å². The highest BCUT2D eigenvalue weighted by Gasteiger charge is 2.23. The van der Waals surface area contributed by atoms with E-state index in [4.69, 9.17) is 0 Å². The first-order valence-electron chi connectivity index (χ1n) is 9.49. The molecule has 0 nitrogen and oxygen atoms in total. The summed E-state index contributed by atoms with van der Waals surface area (Å²) in [7, 11) is 1.78. The maximum Gasteiger partial charge on any atom is -0.00657 e. The fourth-order valence-corrected chi connectivity index (χ4v) is 6.20. The molecule has 0 aliphatic heterocycles. The summed E-state index contributed by atoms with van der Waals surface area (Å²) in [5.41, 5.74) is 10.00. The number of hydrogen-bond acceptors (Lipinski definition) is 0. The first-order chi connectivity index (χ1) is 11.8. The molecule has 24 heavy (non-hydrogen) atoms. The van der Waals surface area contributed by atoms with Crippen molar-refractivity contribution in [1.82, 2.24) is 0 Å². The minimum atomic E-state index is 0.890. The first kappa shape index (κ1) is 16.8. The molecule has 2 aromatic carbocycles. The second-order valence-corrected chi connectivity index (χ2v) is 9.24. The van der Waals surface area contributed by atoms with Crippen LogP contribution in [0.15, 0.2) is 24.3 Å². The third kappa shape index (κ3) is 2.87. The van der Waals surface area contributed by atoms with E-state index in [-0.39, 0.29) is 0 Å². The molecule has 0 spiro atoms. The SMILES string of the molecule is CPc1ccc2c(c1-c1c(PC)ccc3c1CCCC3)CCCC2. The molecular formula is C22H28P2. The Morgan fingerprint density at radius 3 is 1.42 bits per heavy atom. The van der Waals surface area contributed by atoms with Gasteiger partial charge in [-0.1, -0.05) is 41.4 Å². The molecule has 0 bridgehead atoms. The second kappa shape index (κ2) is 7.27. The van der Waals surface area contributed by atoms with Gasteiger partial charge in [-0.25, -0.2) is 0 Å². The van der Waals surface area contributed by atoms with Crippen molar-refractivity contribution in [1.29, 1.82) is 0 Å². The molecule has 0 fully saturated rings. The fourth-order valence-electron chi connectivity index (χ4n) is 4.64. The lowest BCUT2D eigenvalue weighted by Gasteiger charge is -2.28.